The topological polar surface area (TPSA) is 66.5 Å². The number of nitrogens with one attached hydrogen (secondary N) is 1. The molecule has 0 aromatic carbocycles. The smallest absolute Gasteiger partial charge is 0.188 e. The number of aliphatic imine (C=N–C) groups is 1. The molecule has 1 aromatic rings. The Morgan fingerprint density at radius 3 is 2.70 bits per heavy atom. The average Bonchev–Trinajstić information content (AvgIpc) is 2.81. The molecular formula is C18H29N5. The SMILES string of the molecule is NC(=NCc1ccnc(N2CCCCCC2)c1)NCC1CCC1. The minimum absolute atomic E-state index is 0.560. The van der Waals surface area contributed by atoms with Crippen LogP contribution in [0.15, 0.2) is 23.3 Å². The molecule has 0 spiro atoms. The van der Waals surface area contributed by atoms with E-state index in [0.717, 1.165) is 31.4 Å². The van der Waals surface area contributed by atoms with Crippen LogP contribution in [0.2, 0.25) is 0 Å². The highest BCUT2D eigenvalue weighted by Crippen LogP contribution is 2.25. The Morgan fingerprint density at radius 2 is 2.00 bits per heavy atom. The van der Waals surface area contributed by atoms with Crippen molar-refractivity contribution in [3.05, 3.63) is 23.9 Å². The fourth-order valence-corrected chi connectivity index (χ4v) is 3.21. The lowest BCUT2D eigenvalue weighted by Crippen LogP contribution is -2.37. The average molecular weight is 315 g/mol. The van der Waals surface area contributed by atoms with Crippen molar-refractivity contribution in [1.82, 2.24) is 10.3 Å². The second kappa shape index (κ2) is 8.18. The Hall–Kier alpha value is -1.78. The summed E-state index contributed by atoms with van der Waals surface area (Å²) in [5.74, 6) is 2.44. The number of nitrogens with two attached hydrogens (primary N) is 1. The molecule has 1 aliphatic heterocycles. The number of anilines is 1. The van der Waals surface area contributed by atoms with E-state index in [4.69, 9.17) is 5.73 Å². The van der Waals surface area contributed by atoms with E-state index in [9.17, 15) is 0 Å². The molecule has 126 valence electrons. The van der Waals surface area contributed by atoms with Crippen molar-refractivity contribution in [2.75, 3.05) is 24.5 Å². The second-order valence-electron chi connectivity index (χ2n) is 6.80. The second-order valence-corrected chi connectivity index (χ2v) is 6.80. The van der Waals surface area contributed by atoms with Gasteiger partial charge in [-0.25, -0.2) is 9.98 Å². The summed E-state index contributed by atoms with van der Waals surface area (Å²) in [6, 6.07) is 4.19. The summed E-state index contributed by atoms with van der Waals surface area (Å²) in [6.45, 7) is 3.81. The van der Waals surface area contributed by atoms with Gasteiger partial charge >= 0.3 is 0 Å². The normalized spacial score (nSPS) is 20.0. The zero-order valence-electron chi connectivity index (χ0n) is 14.0. The minimum atomic E-state index is 0.560. The van der Waals surface area contributed by atoms with Gasteiger partial charge in [-0.15, -0.1) is 0 Å². The maximum Gasteiger partial charge on any atom is 0.188 e. The highest BCUT2D eigenvalue weighted by atomic mass is 15.2. The third-order valence-corrected chi connectivity index (χ3v) is 4.97. The third-order valence-electron chi connectivity index (χ3n) is 4.97. The summed E-state index contributed by atoms with van der Waals surface area (Å²) < 4.78 is 0. The van der Waals surface area contributed by atoms with Gasteiger partial charge in [-0.05, 0) is 49.3 Å². The number of pyridine rings is 1. The van der Waals surface area contributed by atoms with E-state index >= 15 is 0 Å². The van der Waals surface area contributed by atoms with E-state index in [-0.39, 0.29) is 0 Å². The van der Waals surface area contributed by atoms with Crippen molar-refractivity contribution < 1.29 is 0 Å². The van der Waals surface area contributed by atoms with Crippen molar-refractivity contribution in [2.45, 2.75) is 51.5 Å². The molecule has 1 aliphatic carbocycles. The molecule has 1 saturated carbocycles. The third kappa shape index (κ3) is 4.85. The maximum absolute atomic E-state index is 5.96. The van der Waals surface area contributed by atoms with Gasteiger partial charge in [-0.1, -0.05) is 19.3 Å². The standard InChI is InChI=1S/C18H29N5/c19-18(21-13-15-6-5-7-15)22-14-16-8-9-20-17(12-16)23-10-3-1-2-4-11-23/h8-9,12,15H,1-7,10-11,13-14H2,(H3,19,21,22). The van der Waals surface area contributed by atoms with Crippen LogP contribution in [-0.4, -0.2) is 30.6 Å². The van der Waals surface area contributed by atoms with E-state index < -0.39 is 0 Å². The van der Waals surface area contributed by atoms with Gasteiger partial charge in [-0.2, -0.15) is 0 Å². The van der Waals surface area contributed by atoms with Crippen LogP contribution in [-0.2, 0) is 6.54 Å². The van der Waals surface area contributed by atoms with Gasteiger partial charge < -0.3 is 16.0 Å². The zero-order chi connectivity index (χ0) is 15.9. The fraction of sp³-hybridized carbons (Fsp3) is 0.667. The van der Waals surface area contributed by atoms with Crippen LogP contribution in [0.4, 0.5) is 5.82 Å². The molecule has 3 rings (SSSR count). The van der Waals surface area contributed by atoms with E-state index in [2.05, 4.69) is 26.3 Å². The molecule has 0 radical (unpaired) electrons. The molecule has 5 nitrogen and oxygen atoms in total. The number of aromatic nitrogens is 1. The fourth-order valence-electron chi connectivity index (χ4n) is 3.21. The summed E-state index contributed by atoms with van der Waals surface area (Å²) in [6.07, 6.45) is 11.1. The van der Waals surface area contributed by atoms with Crippen molar-refractivity contribution in [2.24, 2.45) is 16.6 Å². The van der Waals surface area contributed by atoms with Crippen LogP contribution in [0, 0.1) is 5.92 Å². The van der Waals surface area contributed by atoms with Gasteiger partial charge in [0.1, 0.15) is 5.82 Å². The van der Waals surface area contributed by atoms with E-state index in [1.807, 2.05) is 12.3 Å². The summed E-state index contributed by atoms with van der Waals surface area (Å²) in [7, 11) is 0. The Bertz CT molecular complexity index is 516. The number of hydrogen-bond acceptors (Lipinski definition) is 3. The molecule has 0 bridgehead atoms. The van der Waals surface area contributed by atoms with Crippen LogP contribution in [0.5, 0.6) is 0 Å². The predicted molar refractivity (Wildman–Crippen MR) is 95.6 cm³/mol. The van der Waals surface area contributed by atoms with Gasteiger partial charge in [0.2, 0.25) is 0 Å². The van der Waals surface area contributed by atoms with Crippen molar-refractivity contribution in [3.63, 3.8) is 0 Å². The molecule has 0 atom stereocenters. The number of guanidine groups is 1. The first-order valence-electron chi connectivity index (χ1n) is 9.05. The Labute approximate surface area is 139 Å². The van der Waals surface area contributed by atoms with E-state index in [0.29, 0.717) is 12.5 Å². The quantitative estimate of drug-likeness (QED) is 0.647. The Balaban J connectivity index is 1.53. The van der Waals surface area contributed by atoms with Crippen LogP contribution >= 0.6 is 0 Å². The molecule has 23 heavy (non-hydrogen) atoms. The molecule has 2 fully saturated rings. The lowest BCUT2D eigenvalue weighted by Gasteiger charge is -2.25. The summed E-state index contributed by atoms with van der Waals surface area (Å²) in [5, 5.41) is 3.24. The van der Waals surface area contributed by atoms with Gasteiger partial charge in [0.15, 0.2) is 5.96 Å². The molecule has 5 heteroatoms. The van der Waals surface area contributed by atoms with Crippen LogP contribution in [0.3, 0.4) is 0 Å². The molecule has 0 amide bonds. The number of nitrogens with zero attached hydrogens (tertiary/aromatic N) is 3. The Morgan fingerprint density at radius 1 is 1.22 bits per heavy atom. The highest BCUT2D eigenvalue weighted by Gasteiger charge is 2.16. The van der Waals surface area contributed by atoms with E-state index in [1.54, 1.807) is 0 Å². The van der Waals surface area contributed by atoms with Crippen molar-refractivity contribution in [3.8, 4) is 0 Å². The zero-order valence-corrected chi connectivity index (χ0v) is 14.0. The molecule has 1 aromatic heterocycles. The van der Waals surface area contributed by atoms with Crippen LogP contribution < -0.4 is 16.0 Å². The monoisotopic (exact) mass is 315 g/mol. The Kier molecular flexibility index (Phi) is 5.72. The molecule has 2 aliphatic rings. The maximum atomic E-state index is 5.96. The molecule has 0 unspecified atom stereocenters. The van der Waals surface area contributed by atoms with Gasteiger partial charge in [0.05, 0.1) is 6.54 Å². The number of rotatable bonds is 5. The van der Waals surface area contributed by atoms with E-state index in [1.165, 1.54) is 50.5 Å². The molecule has 3 N–H and O–H groups in total. The van der Waals surface area contributed by atoms with Gasteiger partial charge in [-0.3, -0.25) is 0 Å². The molecule has 2 heterocycles. The molecular weight excluding hydrogens is 286 g/mol. The first kappa shape index (κ1) is 16.1. The molecule has 1 saturated heterocycles. The van der Waals surface area contributed by atoms with Crippen LogP contribution in [0.1, 0.15) is 50.5 Å². The van der Waals surface area contributed by atoms with Crippen molar-refractivity contribution in [1.29, 1.82) is 0 Å². The summed E-state index contributed by atoms with van der Waals surface area (Å²) in [4.78, 5) is 11.4. The minimum Gasteiger partial charge on any atom is -0.370 e. The highest BCUT2D eigenvalue weighted by molar-refractivity contribution is 5.77. The lowest BCUT2D eigenvalue weighted by molar-refractivity contribution is 0.315. The summed E-state index contributed by atoms with van der Waals surface area (Å²) >= 11 is 0. The summed E-state index contributed by atoms with van der Waals surface area (Å²) in [5.41, 5.74) is 7.14. The predicted octanol–water partition coefficient (Wildman–Crippen LogP) is 2.67. The first-order chi connectivity index (χ1) is 11.3. The van der Waals surface area contributed by atoms with Crippen molar-refractivity contribution >= 4 is 11.8 Å². The first-order valence-corrected chi connectivity index (χ1v) is 9.05. The van der Waals surface area contributed by atoms with Crippen LogP contribution in [0.25, 0.3) is 0 Å². The van der Waals surface area contributed by atoms with Gasteiger partial charge in [0.25, 0.3) is 0 Å². The lowest BCUT2D eigenvalue weighted by atomic mass is 9.85. The number of hydrogen-bond donors (Lipinski definition) is 2. The van der Waals surface area contributed by atoms with Gasteiger partial charge in [0, 0.05) is 25.8 Å². The largest absolute Gasteiger partial charge is 0.370 e.